The van der Waals surface area contributed by atoms with E-state index in [2.05, 4.69) is 0 Å². The minimum Gasteiger partial charge on any atom is -0.504 e. The number of phenols is 1. The van der Waals surface area contributed by atoms with Crippen LogP contribution in [0.2, 0.25) is 0 Å². The van der Waals surface area contributed by atoms with Gasteiger partial charge in [-0.3, -0.25) is 4.79 Å². The summed E-state index contributed by atoms with van der Waals surface area (Å²) in [5, 5.41) is 61.8. The van der Waals surface area contributed by atoms with Gasteiger partial charge in [-0.25, -0.2) is 4.79 Å². The van der Waals surface area contributed by atoms with E-state index in [0.717, 1.165) is 24.1 Å². The molecule has 2 aromatic rings. The van der Waals surface area contributed by atoms with Crippen molar-refractivity contribution in [1.29, 1.82) is 0 Å². The van der Waals surface area contributed by atoms with E-state index in [9.17, 15) is 40.2 Å². The number of aliphatic hydroxyl groups excluding tert-OH is 4. The number of fused-ring (bicyclic) bond motifs is 2. The summed E-state index contributed by atoms with van der Waals surface area (Å²) in [6.07, 6.45) is -3.15. The Hall–Kier alpha value is -3.78. The zero-order valence-corrected chi connectivity index (χ0v) is 24.4. The zero-order chi connectivity index (χ0) is 32.0. The van der Waals surface area contributed by atoms with Crippen LogP contribution in [0.4, 0.5) is 0 Å². The molecular weight excluding hydrogens is 576 g/mol. The molecule has 0 spiro atoms. The van der Waals surface area contributed by atoms with E-state index >= 15 is 0 Å². The highest BCUT2D eigenvalue weighted by Crippen LogP contribution is 2.39. The van der Waals surface area contributed by atoms with E-state index in [-0.39, 0.29) is 43.1 Å². The molecule has 6 N–H and O–H groups in total. The van der Waals surface area contributed by atoms with Crippen LogP contribution in [0.15, 0.2) is 60.2 Å². The molecule has 0 unspecified atom stereocenters. The number of esters is 2. The fourth-order valence-corrected chi connectivity index (χ4v) is 5.50. The summed E-state index contributed by atoms with van der Waals surface area (Å²) < 4.78 is 21.7. The van der Waals surface area contributed by atoms with Crippen molar-refractivity contribution in [3.63, 3.8) is 0 Å². The van der Waals surface area contributed by atoms with Gasteiger partial charge in [0.2, 0.25) is 5.79 Å². The molecule has 4 rings (SSSR count). The highest BCUT2D eigenvalue weighted by Gasteiger charge is 2.59. The number of hydrogen-bond donors (Lipinski definition) is 6. The van der Waals surface area contributed by atoms with Crippen molar-refractivity contribution in [3.8, 4) is 11.5 Å². The van der Waals surface area contributed by atoms with E-state index in [1.807, 2.05) is 24.3 Å². The van der Waals surface area contributed by atoms with Gasteiger partial charge in [-0.2, -0.15) is 0 Å². The number of rotatable bonds is 12. The van der Waals surface area contributed by atoms with Crippen molar-refractivity contribution in [2.75, 3.05) is 20.3 Å². The maximum atomic E-state index is 14.0. The number of hydrogen-bond acceptors (Lipinski definition) is 12. The number of carbonyl (C=O) groups excluding carboxylic acids is 2. The second kappa shape index (κ2) is 14.3. The minimum absolute atomic E-state index is 0.0368. The fourth-order valence-electron chi connectivity index (χ4n) is 5.50. The first-order valence-electron chi connectivity index (χ1n) is 14.2. The molecule has 0 radical (unpaired) electrons. The molecule has 44 heavy (non-hydrogen) atoms. The summed E-state index contributed by atoms with van der Waals surface area (Å²) in [7, 11) is 1.38. The lowest BCUT2D eigenvalue weighted by atomic mass is 9.85. The Morgan fingerprint density at radius 2 is 1.86 bits per heavy atom. The van der Waals surface area contributed by atoms with Gasteiger partial charge in [0.05, 0.1) is 7.11 Å². The van der Waals surface area contributed by atoms with Crippen LogP contribution in [0, 0.1) is 0 Å². The van der Waals surface area contributed by atoms with E-state index in [1.54, 1.807) is 6.07 Å². The van der Waals surface area contributed by atoms with Crippen LogP contribution < -0.4 is 4.74 Å². The van der Waals surface area contributed by atoms with Crippen LogP contribution in [-0.2, 0) is 30.2 Å². The third kappa shape index (κ3) is 7.46. The molecule has 7 atom stereocenters. The number of aliphatic hydroxyl groups is 5. The lowest BCUT2D eigenvalue weighted by molar-refractivity contribution is -0.340. The number of benzene rings is 2. The van der Waals surface area contributed by atoms with Gasteiger partial charge in [-0.1, -0.05) is 36.4 Å². The van der Waals surface area contributed by atoms with Crippen molar-refractivity contribution < 1.29 is 59.2 Å². The van der Waals surface area contributed by atoms with E-state index in [1.165, 1.54) is 31.4 Å². The predicted molar refractivity (Wildman–Crippen MR) is 155 cm³/mol. The maximum Gasteiger partial charge on any atom is 0.334 e. The molecular formula is C32H38O12. The largest absolute Gasteiger partial charge is 0.504 e. The Kier molecular flexibility index (Phi) is 10.8. The molecule has 1 saturated heterocycles. The number of phenolic OH excluding ortho intramolecular Hbond substituents is 1. The standard InChI is InChI=1S/C32H38O12/c1-18(35)42-29-27(38)28-25(37)8-11-32(40,44-28)30(29)43-31(39)23(15-20-6-7-24(36)26(16-20)41-2)17-22(10-13-34)21-5-3-4-19(14-21)9-12-33/h3-8,11,14-16,22,25,27-30,33-34,36-38,40H,9-10,12-13,17H2,1-2H3/t22-,25+,27-,28+,29-,30+,32+/m0/s1. The smallest absolute Gasteiger partial charge is 0.334 e. The molecule has 238 valence electrons. The molecule has 12 heteroatoms. The number of methoxy groups -OCH3 is 1. The first kappa shape index (κ1) is 33.1. The second-order valence-corrected chi connectivity index (χ2v) is 10.8. The SMILES string of the molecule is COc1cc(C=C(C[C@H](CCO)c2cccc(CCO)c2)C(=O)O[C@@H]2[C@@H](OC(C)=O)[C@@H](O)[C@@H]3O[C@]2(O)C=C[C@H]3O)ccc1O. The van der Waals surface area contributed by atoms with Crippen molar-refractivity contribution in [3.05, 3.63) is 76.9 Å². The van der Waals surface area contributed by atoms with Crippen LogP contribution in [-0.4, -0.2) is 99.2 Å². The van der Waals surface area contributed by atoms with Gasteiger partial charge in [0, 0.05) is 25.7 Å². The fraction of sp³-hybridized carbons (Fsp3) is 0.438. The summed E-state index contributed by atoms with van der Waals surface area (Å²) in [6, 6.07) is 11.8. The van der Waals surface area contributed by atoms with Gasteiger partial charge < -0.3 is 49.6 Å². The predicted octanol–water partition coefficient (Wildman–Crippen LogP) is 1.10. The van der Waals surface area contributed by atoms with Crippen LogP contribution in [0.1, 0.15) is 42.4 Å². The first-order chi connectivity index (χ1) is 21.0. The molecule has 12 nitrogen and oxygen atoms in total. The van der Waals surface area contributed by atoms with Crippen molar-refractivity contribution in [2.24, 2.45) is 0 Å². The molecule has 2 aromatic carbocycles. The third-order valence-electron chi connectivity index (χ3n) is 7.68. The Labute approximate surface area is 254 Å². The van der Waals surface area contributed by atoms with Crippen LogP contribution in [0.25, 0.3) is 6.08 Å². The van der Waals surface area contributed by atoms with Gasteiger partial charge in [0.15, 0.2) is 23.7 Å². The van der Waals surface area contributed by atoms with Crippen molar-refractivity contribution >= 4 is 18.0 Å². The van der Waals surface area contributed by atoms with Crippen LogP contribution >= 0.6 is 0 Å². The summed E-state index contributed by atoms with van der Waals surface area (Å²) >= 11 is 0. The minimum atomic E-state index is -2.34. The molecule has 2 aliphatic heterocycles. The van der Waals surface area contributed by atoms with E-state index in [0.29, 0.717) is 12.0 Å². The molecule has 1 fully saturated rings. The Morgan fingerprint density at radius 1 is 1.09 bits per heavy atom. The Bertz CT molecular complexity index is 1390. The molecule has 2 heterocycles. The topological polar surface area (TPSA) is 192 Å². The lowest BCUT2D eigenvalue weighted by Crippen LogP contribution is -2.69. The normalized spacial score (nSPS) is 27.0. The Morgan fingerprint density at radius 3 is 2.55 bits per heavy atom. The summed E-state index contributed by atoms with van der Waals surface area (Å²) in [5.74, 6) is -4.47. The third-order valence-corrected chi connectivity index (χ3v) is 7.68. The van der Waals surface area contributed by atoms with Gasteiger partial charge in [-0.05, 0) is 66.2 Å². The van der Waals surface area contributed by atoms with Crippen LogP contribution in [0.3, 0.4) is 0 Å². The Balaban J connectivity index is 1.75. The van der Waals surface area contributed by atoms with Gasteiger partial charge in [-0.15, -0.1) is 0 Å². The van der Waals surface area contributed by atoms with E-state index in [4.69, 9.17) is 18.9 Å². The molecule has 2 bridgehead atoms. The maximum absolute atomic E-state index is 14.0. The van der Waals surface area contributed by atoms with Gasteiger partial charge >= 0.3 is 11.9 Å². The zero-order valence-electron chi connectivity index (χ0n) is 24.4. The number of carbonyl (C=O) groups is 2. The molecule has 0 amide bonds. The molecule has 0 aromatic heterocycles. The van der Waals surface area contributed by atoms with Crippen molar-refractivity contribution in [1.82, 2.24) is 0 Å². The average molecular weight is 615 g/mol. The van der Waals surface area contributed by atoms with E-state index < -0.39 is 54.2 Å². The van der Waals surface area contributed by atoms with Crippen molar-refractivity contribution in [2.45, 2.75) is 68.4 Å². The van der Waals surface area contributed by atoms with Gasteiger partial charge in [0.25, 0.3) is 0 Å². The summed E-state index contributed by atoms with van der Waals surface area (Å²) in [4.78, 5) is 25.9. The number of aromatic hydroxyl groups is 1. The molecule has 2 aliphatic rings. The number of ether oxygens (including phenoxy) is 4. The highest BCUT2D eigenvalue weighted by molar-refractivity contribution is 5.94. The lowest BCUT2D eigenvalue weighted by Gasteiger charge is -2.49. The monoisotopic (exact) mass is 614 g/mol. The summed E-state index contributed by atoms with van der Waals surface area (Å²) in [6.45, 7) is 0.832. The molecule has 0 aliphatic carbocycles. The summed E-state index contributed by atoms with van der Waals surface area (Å²) in [5.41, 5.74) is 2.20. The highest BCUT2D eigenvalue weighted by atomic mass is 16.7. The average Bonchev–Trinajstić information content (AvgIpc) is 2.99. The first-order valence-corrected chi connectivity index (χ1v) is 14.2. The van der Waals surface area contributed by atoms with Crippen LogP contribution in [0.5, 0.6) is 11.5 Å². The second-order valence-electron chi connectivity index (χ2n) is 10.8. The van der Waals surface area contributed by atoms with Gasteiger partial charge in [0.1, 0.15) is 18.3 Å². The molecule has 0 saturated carbocycles. The quantitative estimate of drug-likeness (QED) is 0.113.